The van der Waals surface area contributed by atoms with E-state index in [0.29, 0.717) is 31.4 Å². The van der Waals surface area contributed by atoms with Crippen LogP contribution in [-0.2, 0) is 59.2 Å². The van der Waals surface area contributed by atoms with Crippen molar-refractivity contribution in [2.24, 2.45) is 23.5 Å². The van der Waals surface area contributed by atoms with Crippen molar-refractivity contribution < 1.29 is 63.0 Å². The number of hydrogen-bond acceptors (Lipinski definition) is 12. The number of nitrogens with zero attached hydrogens (tertiary/aromatic N) is 2. The summed E-state index contributed by atoms with van der Waals surface area (Å²) >= 11 is 0. The van der Waals surface area contributed by atoms with E-state index in [1.165, 1.54) is 9.80 Å². The summed E-state index contributed by atoms with van der Waals surface area (Å²) in [7, 11) is 0. The Morgan fingerprint density at radius 2 is 1.14 bits per heavy atom. The minimum atomic E-state index is -1.46. The van der Waals surface area contributed by atoms with Gasteiger partial charge in [-0.15, -0.1) is 0 Å². The molecule has 3 aliphatic heterocycles. The van der Waals surface area contributed by atoms with Crippen molar-refractivity contribution in [3.63, 3.8) is 0 Å². The van der Waals surface area contributed by atoms with Crippen LogP contribution < -0.4 is 43.0 Å². The van der Waals surface area contributed by atoms with E-state index in [1.807, 2.05) is 13.8 Å². The lowest BCUT2D eigenvalue weighted by Crippen LogP contribution is -2.61. The molecule has 3 aliphatic rings. The summed E-state index contributed by atoms with van der Waals surface area (Å²) in [4.78, 5) is 150. The van der Waals surface area contributed by atoms with Gasteiger partial charge in [0.25, 0.3) is 0 Å². The topological polar surface area (TPSA) is 345 Å². The van der Waals surface area contributed by atoms with Crippen LogP contribution in [0.3, 0.4) is 0 Å². The van der Waals surface area contributed by atoms with Crippen LogP contribution in [0.2, 0.25) is 0 Å². The summed E-state index contributed by atoms with van der Waals surface area (Å²) in [6.45, 7) is 11.1. The van der Waals surface area contributed by atoms with Gasteiger partial charge in [0.1, 0.15) is 48.3 Å². The van der Waals surface area contributed by atoms with Gasteiger partial charge in [0, 0.05) is 32.4 Å². The molecule has 0 aromatic heterocycles. The van der Waals surface area contributed by atoms with Gasteiger partial charge in [-0.1, -0.05) is 71.9 Å². The van der Waals surface area contributed by atoms with Crippen LogP contribution >= 0.6 is 0 Å². The largest absolute Gasteiger partial charge is 0.481 e. The molecule has 73 heavy (non-hydrogen) atoms. The fraction of sp³-hybridized carbons (Fsp3) is 0.660. The van der Waals surface area contributed by atoms with E-state index in [2.05, 4.69) is 37.2 Å². The molecule has 0 aliphatic carbocycles. The summed E-state index contributed by atoms with van der Waals surface area (Å²) in [6, 6.07) is -1.64. The number of primary amides is 1. The highest BCUT2D eigenvalue weighted by atomic mass is 16.4. The maximum atomic E-state index is 14.5. The van der Waals surface area contributed by atoms with E-state index in [0.717, 1.165) is 6.42 Å². The third-order valence-corrected chi connectivity index (χ3v) is 13.3. The zero-order valence-electron chi connectivity index (χ0n) is 42.8. The van der Waals surface area contributed by atoms with Crippen LogP contribution in [0.25, 0.3) is 0 Å². The van der Waals surface area contributed by atoms with Gasteiger partial charge in [0.15, 0.2) is 0 Å². The molecular formula is C50H76N10O13. The lowest BCUT2D eigenvalue weighted by molar-refractivity contribution is -0.146. The number of carbonyl (C=O) groups is 11. The summed E-state index contributed by atoms with van der Waals surface area (Å²) in [5, 5.41) is 38.4. The number of carboxylic acid groups (broad SMARTS) is 2. The number of hydrogen-bond donors (Lipinski definition) is 10. The van der Waals surface area contributed by atoms with E-state index in [4.69, 9.17) is 5.73 Å². The molecule has 4 rings (SSSR count). The van der Waals surface area contributed by atoms with Crippen molar-refractivity contribution in [2.45, 2.75) is 173 Å². The standard InChI is InChI=1S/C50H76N10O13/c1-27(2)25-34(55-42(64)31-15-10-22-52-31)44(66)56-35(26-30-13-8-7-9-14-30)45(67)53-32(18-20-38(51)61)43(65)57-40(28(3)4)49(71)60-24-12-16-36(60)46(68)54-33(19-21-39(62)63)48(70)59-23-11-17-37(59)47(69)58-41(29(5)6)50(72)73/h7-9,13-14,27-29,31-37,40-41,52H,10-12,15-26H2,1-6H3,(H2,51,61)(H,53,67)(H,54,68)(H,55,64)(H,56,66)(H,57,65)(H,58,69)(H,62,63)(H,72,73)/t31-,32-,33-,34-,35-,36-,37-,40-,41-/m0/s1. The molecule has 23 heteroatoms. The summed E-state index contributed by atoms with van der Waals surface area (Å²) in [6.07, 6.45) is 1.16. The first kappa shape index (κ1) is 58.9. The Morgan fingerprint density at radius 1 is 0.603 bits per heavy atom. The second-order valence-corrected chi connectivity index (χ2v) is 20.3. The molecule has 3 heterocycles. The Hall–Kier alpha value is -6.65. The highest BCUT2D eigenvalue weighted by molar-refractivity contribution is 5.99. The molecule has 0 bridgehead atoms. The number of amides is 9. The highest BCUT2D eigenvalue weighted by Crippen LogP contribution is 2.24. The first-order valence-corrected chi connectivity index (χ1v) is 25.4. The second-order valence-electron chi connectivity index (χ2n) is 20.3. The molecule has 9 atom stereocenters. The molecule has 1 aromatic carbocycles. The van der Waals surface area contributed by atoms with E-state index < -0.39 is 132 Å². The molecule has 11 N–H and O–H groups in total. The van der Waals surface area contributed by atoms with Crippen LogP contribution in [-0.4, -0.2) is 159 Å². The van der Waals surface area contributed by atoms with E-state index >= 15 is 0 Å². The predicted molar refractivity (Wildman–Crippen MR) is 264 cm³/mol. The van der Waals surface area contributed by atoms with Crippen LogP contribution in [0.5, 0.6) is 0 Å². The molecule has 0 unspecified atom stereocenters. The molecule has 0 spiro atoms. The Bertz CT molecular complexity index is 2150. The molecule has 3 saturated heterocycles. The SMILES string of the molecule is CC(C)C[C@H](NC(=O)[C@@H]1CCCN1)C(=O)N[C@@H](Cc1ccccc1)C(=O)N[C@@H](CCC(N)=O)C(=O)N[C@H](C(=O)N1CCC[C@H]1C(=O)N[C@@H](CCC(=O)O)C(=O)N1CCC[C@H]1C(=O)N[C@H](C(=O)O)C(C)C)C(C)C. The van der Waals surface area contributed by atoms with Crippen LogP contribution in [0.4, 0.5) is 0 Å². The lowest BCUT2D eigenvalue weighted by Gasteiger charge is -2.33. The number of carbonyl (C=O) groups excluding carboxylic acids is 9. The molecule has 0 saturated carbocycles. The van der Waals surface area contributed by atoms with Crippen molar-refractivity contribution in [3.05, 3.63) is 35.9 Å². The van der Waals surface area contributed by atoms with Gasteiger partial charge in [0.2, 0.25) is 53.2 Å². The van der Waals surface area contributed by atoms with Crippen LogP contribution in [0.15, 0.2) is 30.3 Å². The van der Waals surface area contributed by atoms with Gasteiger partial charge in [0.05, 0.1) is 6.04 Å². The number of rotatable bonds is 27. The molecular weight excluding hydrogens is 949 g/mol. The summed E-state index contributed by atoms with van der Waals surface area (Å²) < 4.78 is 0. The first-order valence-electron chi connectivity index (χ1n) is 25.4. The summed E-state index contributed by atoms with van der Waals surface area (Å²) in [5.74, 6) is -9.95. The fourth-order valence-corrected chi connectivity index (χ4v) is 9.35. The number of aliphatic carboxylic acids is 2. The molecule has 9 amide bonds. The van der Waals surface area contributed by atoms with Gasteiger partial charge >= 0.3 is 11.9 Å². The Balaban J connectivity index is 1.53. The van der Waals surface area contributed by atoms with Crippen molar-refractivity contribution >= 4 is 65.1 Å². The molecule has 3 fully saturated rings. The minimum Gasteiger partial charge on any atom is -0.481 e. The fourth-order valence-electron chi connectivity index (χ4n) is 9.35. The van der Waals surface area contributed by atoms with Gasteiger partial charge in [-0.25, -0.2) is 4.79 Å². The minimum absolute atomic E-state index is 0.0242. The highest BCUT2D eigenvalue weighted by Gasteiger charge is 2.43. The van der Waals surface area contributed by atoms with Crippen molar-refractivity contribution in [3.8, 4) is 0 Å². The Labute approximate surface area is 426 Å². The number of nitrogens with two attached hydrogens (primary N) is 1. The van der Waals surface area contributed by atoms with Crippen molar-refractivity contribution in [2.75, 3.05) is 19.6 Å². The van der Waals surface area contributed by atoms with Crippen molar-refractivity contribution in [1.29, 1.82) is 0 Å². The molecule has 0 radical (unpaired) electrons. The Kier molecular flexibility index (Phi) is 22.6. The lowest BCUT2D eigenvalue weighted by atomic mass is 9.99. The zero-order chi connectivity index (χ0) is 54.1. The van der Waals surface area contributed by atoms with E-state index in [1.54, 1.807) is 58.0 Å². The average molecular weight is 1030 g/mol. The number of nitrogens with one attached hydrogen (secondary N) is 7. The maximum absolute atomic E-state index is 14.5. The monoisotopic (exact) mass is 1020 g/mol. The third-order valence-electron chi connectivity index (χ3n) is 13.3. The van der Waals surface area contributed by atoms with Crippen LogP contribution in [0.1, 0.15) is 118 Å². The maximum Gasteiger partial charge on any atom is 0.326 e. The normalized spacial score (nSPS) is 20.0. The summed E-state index contributed by atoms with van der Waals surface area (Å²) in [5.41, 5.74) is 6.15. The van der Waals surface area contributed by atoms with Gasteiger partial charge < -0.3 is 63.0 Å². The smallest absolute Gasteiger partial charge is 0.326 e. The molecule has 404 valence electrons. The number of benzene rings is 1. The van der Waals surface area contributed by atoms with Gasteiger partial charge in [-0.3, -0.25) is 47.9 Å². The van der Waals surface area contributed by atoms with E-state index in [-0.39, 0.29) is 69.9 Å². The average Bonchev–Trinajstić information content (AvgIpc) is 4.15. The third kappa shape index (κ3) is 17.5. The Morgan fingerprint density at radius 3 is 1.67 bits per heavy atom. The quantitative estimate of drug-likeness (QED) is 0.0529. The van der Waals surface area contributed by atoms with Gasteiger partial charge in [-0.05, 0) is 87.6 Å². The van der Waals surface area contributed by atoms with Crippen molar-refractivity contribution in [1.82, 2.24) is 47.0 Å². The van der Waals surface area contributed by atoms with E-state index in [9.17, 15) is 63.0 Å². The first-order chi connectivity index (χ1) is 34.5. The zero-order valence-corrected chi connectivity index (χ0v) is 42.8. The van der Waals surface area contributed by atoms with Gasteiger partial charge in [-0.2, -0.15) is 0 Å². The van der Waals surface area contributed by atoms with Crippen LogP contribution in [0, 0.1) is 17.8 Å². The predicted octanol–water partition coefficient (Wildman–Crippen LogP) is -0.555. The number of likely N-dealkylation sites (tertiary alicyclic amines) is 2. The molecule has 1 aromatic rings. The molecule has 23 nitrogen and oxygen atoms in total. The second kappa shape index (κ2) is 28.0. The number of carboxylic acids is 2.